The van der Waals surface area contributed by atoms with E-state index in [0.29, 0.717) is 5.69 Å². The number of anilines is 1. The minimum atomic E-state index is -1.62. The number of imide groups is 1. The van der Waals surface area contributed by atoms with E-state index in [-0.39, 0.29) is 10.1 Å². The fourth-order valence-corrected chi connectivity index (χ4v) is 7.35. The van der Waals surface area contributed by atoms with Crippen molar-refractivity contribution >= 4 is 91.4 Å². The number of hydrogen-bond acceptors (Lipinski definition) is 2. The number of para-hydroxylation sites is 1. The second-order valence-corrected chi connectivity index (χ2v) is 10.1. The van der Waals surface area contributed by atoms with E-state index in [1.807, 2.05) is 0 Å². The van der Waals surface area contributed by atoms with Crippen LogP contribution in [0.3, 0.4) is 0 Å². The summed E-state index contributed by atoms with van der Waals surface area (Å²) in [5, 5.41) is -0.0185. The molecule has 3 aliphatic rings. The summed E-state index contributed by atoms with van der Waals surface area (Å²) in [4.78, 5) is 23.9. The lowest BCUT2D eigenvalue weighted by atomic mass is 9.84. The number of halogens is 6. The van der Waals surface area contributed by atoms with Crippen LogP contribution in [-0.2, 0) is 9.59 Å². The first-order valence-corrected chi connectivity index (χ1v) is 9.54. The van der Waals surface area contributed by atoms with Crippen LogP contribution < -0.4 is 4.90 Å². The molecule has 126 valence electrons. The lowest BCUT2D eigenvalue weighted by Gasteiger charge is -2.35. The van der Waals surface area contributed by atoms with Gasteiger partial charge in [0.1, 0.15) is 13.5 Å². The van der Waals surface area contributed by atoms with Crippen LogP contribution in [0.25, 0.3) is 0 Å². The van der Waals surface area contributed by atoms with Crippen LogP contribution in [0.5, 0.6) is 0 Å². The smallest absolute Gasteiger partial charge is 0.240 e. The predicted molar refractivity (Wildman–Crippen MR) is 99.3 cm³/mol. The zero-order valence-electron chi connectivity index (χ0n) is 11.6. The van der Waals surface area contributed by atoms with Gasteiger partial charge in [0, 0.05) is 0 Å². The number of benzene rings is 1. The molecule has 2 aliphatic carbocycles. The van der Waals surface area contributed by atoms with Crippen molar-refractivity contribution in [3.63, 3.8) is 0 Å². The van der Waals surface area contributed by atoms with Gasteiger partial charge in [0.15, 0.2) is 0 Å². The molecular weight excluding hydrogens is 483 g/mol. The highest BCUT2D eigenvalue weighted by atomic mass is 79.9. The molecule has 0 aromatic heterocycles. The Morgan fingerprint density at radius 2 is 1.29 bits per heavy atom. The molecule has 3 nitrogen and oxygen atoms in total. The molecule has 9 heteroatoms. The van der Waals surface area contributed by atoms with Crippen LogP contribution in [0, 0.1) is 11.8 Å². The van der Waals surface area contributed by atoms with E-state index in [1.165, 1.54) is 0 Å². The van der Waals surface area contributed by atoms with Gasteiger partial charge in [-0.1, -0.05) is 57.3 Å². The number of carbonyl (C=O) groups excluding carboxylic acids is 2. The van der Waals surface area contributed by atoms with Gasteiger partial charge in [-0.25, -0.2) is 4.90 Å². The maximum absolute atomic E-state index is 13.0. The molecular formula is C15H7BrCl5NO2. The van der Waals surface area contributed by atoms with Crippen LogP contribution >= 0.6 is 73.9 Å². The number of nitrogens with zero attached hydrogens (tertiary/aromatic N) is 1. The molecule has 4 rings (SSSR count). The third-order valence-corrected chi connectivity index (χ3v) is 10.1. The topological polar surface area (TPSA) is 37.4 Å². The third-order valence-electron chi connectivity index (χ3n) is 4.92. The van der Waals surface area contributed by atoms with Crippen molar-refractivity contribution in [3.05, 3.63) is 40.4 Å². The predicted octanol–water partition coefficient (Wildman–Crippen LogP) is 4.79. The first kappa shape index (κ1) is 17.4. The summed E-state index contributed by atoms with van der Waals surface area (Å²) in [7, 11) is 0. The summed E-state index contributed by atoms with van der Waals surface area (Å²) in [6.07, 6.45) is 0. The van der Waals surface area contributed by atoms with Crippen molar-refractivity contribution < 1.29 is 9.59 Å². The number of fused-ring (bicyclic) bond motifs is 5. The number of hydrogen-bond donors (Lipinski definition) is 0. The molecule has 4 atom stereocenters. The molecule has 1 aliphatic heterocycles. The highest BCUT2D eigenvalue weighted by Gasteiger charge is 2.87. The molecule has 2 amide bonds. The van der Waals surface area contributed by atoms with Gasteiger partial charge in [-0.2, -0.15) is 0 Å². The minimum Gasteiger partial charge on any atom is -0.274 e. The zero-order chi connectivity index (χ0) is 17.7. The standard InChI is InChI=1S/C15H7BrCl5NO2/c16-15(21)13(19)7-8(14(15,20)10(18)9(13)17)12(24)22(11(7)23)6-4-2-1-3-5-6/h1-5,7-8H. The molecule has 4 unspecified atom stereocenters. The molecule has 1 saturated heterocycles. The lowest BCUT2D eigenvalue weighted by Crippen LogP contribution is -2.49. The van der Waals surface area contributed by atoms with Gasteiger partial charge in [-0.05, 0) is 12.1 Å². The Kier molecular flexibility index (Phi) is 3.67. The molecule has 0 radical (unpaired) electrons. The van der Waals surface area contributed by atoms with E-state index in [9.17, 15) is 9.59 Å². The molecule has 1 aromatic carbocycles. The molecule has 2 bridgehead atoms. The second-order valence-electron chi connectivity index (χ2n) is 5.93. The van der Waals surface area contributed by atoms with E-state index >= 15 is 0 Å². The average Bonchev–Trinajstić information content (AvgIpc) is 2.93. The first-order chi connectivity index (χ1) is 11.1. The summed E-state index contributed by atoms with van der Waals surface area (Å²) in [6, 6.07) is 8.53. The molecule has 1 aromatic rings. The molecule has 24 heavy (non-hydrogen) atoms. The second kappa shape index (κ2) is 5.05. The van der Waals surface area contributed by atoms with Crippen molar-refractivity contribution in [1.29, 1.82) is 0 Å². The fraction of sp³-hybridized carbons (Fsp3) is 0.333. The van der Waals surface area contributed by atoms with E-state index in [4.69, 9.17) is 58.0 Å². The van der Waals surface area contributed by atoms with E-state index < -0.39 is 37.2 Å². The van der Waals surface area contributed by atoms with Crippen molar-refractivity contribution in [1.82, 2.24) is 0 Å². The summed E-state index contributed by atoms with van der Waals surface area (Å²) >= 11 is 35.8. The summed E-state index contributed by atoms with van der Waals surface area (Å²) in [5.74, 6) is -3.03. The molecule has 1 heterocycles. The molecule has 0 spiro atoms. The summed E-state index contributed by atoms with van der Waals surface area (Å²) in [5.41, 5.74) is 0.434. The quantitative estimate of drug-likeness (QED) is 0.419. The van der Waals surface area contributed by atoms with Gasteiger partial charge < -0.3 is 0 Å². The summed E-state index contributed by atoms with van der Waals surface area (Å²) in [6.45, 7) is 0. The van der Waals surface area contributed by atoms with Gasteiger partial charge in [0.05, 0.1) is 27.6 Å². The fourth-order valence-electron chi connectivity index (χ4n) is 3.83. The van der Waals surface area contributed by atoms with Crippen LogP contribution in [0.1, 0.15) is 0 Å². The van der Waals surface area contributed by atoms with Gasteiger partial charge >= 0.3 is 0 Å². The molecule has 2 fully saturated rings. The number of amides is 2. The van der Waals surface area contributed by atoms with Crippen LogP contribution in [-0.4, -0.2) is 25.3 Å². The molecule has 1 saturated carbocycles. The van der Waals surface area contributed by atoms with E-state index in [0.717, 1.165) is 4.90 Å². The normalized spacial score (nSPS) is 43.8. The van der Waals surface area contributed by atoms with E-state index in [2.05, 4.69) is 15.9 Å². The van der Waals surface area contributed by atoms with Crippen LogP contribution in [0.4, 0.5) is 5.69 Å². The average molecular weight is 490 g/mol. The monoisotopic (exact) mass is 487 g/mol. The largest absolute Gasteiger partial charge is 0.274 e. The molecule has 0 N–H and O–H groups in total. The number of allylic oxidation sites excluding steroid dienone is 2. The Labute approximate surface area is 170 Å². The lowest BCUT2D eigenvalue weighted by molar-refractivity contribution is -0.123. The third kappa shape index (κ3) is 1.60. The Hall–Kier alpha value is 0.0300. The van der Waals surface area contributed by atoms with Gasteiger partial charge in [0.25, 0.3) is 0 Å². The maximum Gasteiger partial charge on any atom is 0.240 e. The summed E-state index contributed by atoms with van der Waals surface area (Å²) < 4.78 is -1.56. The van der Waals surface area contributed by atoms with Crippen molar-refractivity contribution in [2.45, 2.75) is 13.5 Å². The van der Waals surface area contributed by atoms with Crippen LogP contribution in [0.15, 0.2) is 40.4 Å². The van der Waals surface area contributed by atoms with Gasteiger partial charge in [-0.3, -0.25) is 9.59 Å². The Bertz CT molecular complexity index is 782. The Morgan fingerprint density at radius 3 is 1.71 bits per heavy atom. The highest BCUT2D eigenvalue weighted by molar-refractivity contribution is 9.10. The highest BCUT2D eigenvalue weighted by Crippen LogP contribution is 2.78. The number of carbonyl (C=O) groups is 2. The Balaban J connectivity index is 1.93. The maximum atomic E-state index is 13.0. The van der Waals surface area contributed by atoms with E-state index in [1.54, 1.807) is 30.3 Å². The number of rotatable bonds is 1. The van der Waals surface area contributed by atoms with Crippen LogP contribution in [0.2, 0.25) is 0 Å². The van der Waals surface area contributed by atoms with Crippen molar-refractivity contribution in [3.8, 4) is 0 Å². The van der Waals surface area contributed by atoms with Gasteiger partial charge in [-0.15, -0.1) is 34.8 Å². The van der Waals surface area contributed by atoms with Crippen molar-refractivity contribution in [2.24, 2.45) is 11.8 Å². The Morgan fingerprint density at radius 1 is 0.875 bits per heavy atom. The van der Waals surface area contributed by atoms with Gasteiger partial charge in [0.2, 0.25) is 11.8 Å². The first-order valence-electron chi connectivity index (χ1n) is 6.86. The minimum absolute atomic E-state index is 0.00924. The SMILES string of the molecule is O=C1C2C(C(=O)N1c1ccccc1)C1(Cl)C(Cl)=C(Cl)C2(Cl)C1(Cl)Br. The van der Waals surface area contributed by atoms with Crippen molar-refractivity contribution in [2.75, 3.05) is 4.90 Å². The zero-order valence-corrected chi connectivity index (χ0v) is 16.9. The number of alkyl halides is 4.